The molecule has 0 spiro atoms. The highest BCUT2D eigenvalue weighted by Gasteiger charge is 2.48. The molecule has 1 N–H and O–H groups in total. The van der Waals surface area contributed by atoms with E-state index < -0.39 is 24.7 Å². The number of ether oxygens (including phenoxy) is 4. The fraction of sp³-hybridized carbons (Fsp3) is 0.316. The zero-order valence-corrected chi connectivity index (χ0v) is 16.1. The molecule has 1 atom stereocenters. The molecule has 0 saturated carbocycles. The van der Waals surface area contributed by atoms with Gasteiger partial charge in [-0.05, 0) is 11.6 Å². The SMILES string of the molecule is COc1cc(OCc2ccccc2)c([C@@H]2NC(=O)OCC2(F)F)cc1OC.Cl. The third-order valence-electron chi connectivity index (χ3n) is 4.14. The summed E-state index contributed by atoms with van der Waals surface area (Å²) < 4.78 is 49.5. The number of carbonyl (C=O) groups excluding carboxylic acids is 1. The molecule has 1 aliphatic rings. The van der Waals surface area contributed by atoms with Crippen LogP contribution in [0.4, 0.5) is 13.6 Å². The van der Waals surface area contributed by atoms with Crippen molar-refractivity contribution in [2.45, 2.75) is 18.6 Å². The van der Waals surface area contributed by atoms with E-state index in [2.05, 4.69) is 10.1 Å². The molecular formula is C19H20ClF2NO5. The van der Waals surface area contributed by atoms with Gasteiger partial charge >= 0.3 is 12.0 Å². The van der Waals surface area contributed by atoms with Crippen molar-refractivity contribution in [2.24, 2.45) is 0 Å². The normalized spacial score (nSPS) is 17.6. The minimum Gasteiger partial charge on any atom is -0.493 e. The number of halogens is 3. The van der Waals surface area contributed by atoms with Crippen LogP contribution in [0.15, 0.2) is 42.5 Å². The Morgan fingerprint density at radius 3 is 2.39 bits per heavy atom. The molecule has 9 heteroatoms. The van der Waals surface area contributed by atoms with E-state index in [1.165, 1.54) is 26.4 Å². The van der Waals surface area contributed by atoms with Gasteiger partial charge in [-0.25, -0.2) is 13.6 Å². The zero-order chi connectivity index (χ0) is 19.4. The van der Waals surface area contributed by atoms with Crippen molar-refractivity contribution in [3.63, 3.8) is 0 Å². The number of hydrogen-bond acceptors (Lipinski definition) is 5. The van der Waals surface area contributed by atoms with Gasteiger partial charge in [0.1, 0.15) is 18.4 Å². The Morgan fingerprint density at radius 2 is 1.75 bits per heavy atom. The van der Waals surface area contributed by atoms with Gasteiger partial charge in [0.2, 0.25) is 0 Å². The standard InChI is InChI=1S/C19H19F2NO5.ClH/c1-24-15-8-13(17-19(20,21)11-27-18(23)22-17)14(9-16(15)25-2)26-10-12-6-4-3-5-7-12;/h3-9,17H,10-11H2,1-2H3,(H,22,23);1H/t17-;/m0./s1. The van der Waals surface area contributed by atoms with Gasteiger partial charge in [0.15, 0.2) is 18.1 Å². The Hall–Kier alpha value is -2.74. The Balaban J connectivity index is 0.00000280. The van der Waals surface area contributed by atoms with Crippen LogP contribution in [0.3, 0.4) is 0 Å². The summed E-state index contributed by atoms with van der Waals surface area (Å²) in [5, 5.41) is 2.16. The molecule has 1 fully saturated rings. The molecule has 2 aromatic rings. The summed E-state index contributed by atoms with van der Waals surface area (Å²) in [6.45, 7) is -0.859. The average Bonchev–Trinajstić information content (AvgIpc) is 2.68. The predicted molar refractivity (Wildman–Crippen MR) is 99.7 cm³/mol. The molecule has 3 rings (SSSR count). The van der Waals surface area contributed by atoms with Crippen LogP contribution < -0.4 is 19.5 Å². The Kier molecular flexibility index (Phi) is 6.90. The molecule has 1 saturated heterocycles. The first-order chi connectivity index (χ1) is 12.9. The van der Waals surface area contributed by atoms with E-state index in [9.17, 15) is 13.6 Å². The van der Waals surface area contributed by atoms with E-state index in [-0.39, 0.29) is 36.1 Å². The highest BCUT2D eigenvalue weighted by molar-refractivity contribution is 5.85. The predicted octanol–water partition coefficient (Wildman–Crippen LogP) is 4.12. The lowest BCUT2D eigenvalue weighted by atomic mass is 9.98. The van der Waals surface area contributed by atoms with E-state index in [0.29, 0.717) is 5.75 Å². The van der Waals surface area contributed by atoms with Gasteiger partial charge in [0.25, 0.3) is 0 Å². The molecule has 2 aromatic carbocycles. The van der Waals surface area contributed by atoms with Crippen LogP contribution in [0.25, 0.3) is 0 Å². The summed E-state index contributed by atoms with van der Waals surface area (Å²) in [5.41, 5.74) is 0.936. The first kappa shape index (κ1) is 21.6. The molecule has 152 valence electrons. The lowest BCUT2D eigenvalue weighted by Crippen LogP contribution is -2.49. The van der Waals surface area contributed by atoms with Crippen molar-refractivity contribution in [3.8, 4) is 17.2 Å². The third-order valence-corrected chi connectivity index (χ3v) is 4.14. The molecule has 1 heterocycles. The number of amides is 1. The van der Waals surface area contributed by atoms with Crippen molar-refractivity contribution < 1.29 is 32.5 Å². The fourth-order valence-electron chi connectivity index (χ4n) is 2.78. The van der Waals surface area contributed by atoms with Crippen LogP contribution in [0.5, 0.6) is 17.2 Å². The number of hydrogen-bond donors (Lipinski definition) is 1. The van der Waals surface area contributed by atoms with Gasteiger partial charge in [-0.1, -0.05) is 30.3 Å². The minimum absolute atomic E-state index is 0. The number of methoxy groups -OCH3 is 2. The molecule has 0 aliphatic carbocycles. The lowest BCUT2D eigenvalue weighted by molar-refractivity contribution is -0.104. The Bertz CT molecular complexity index is 819. The van der Waals surface area contributed by atoms with Crippen LogP contribution in [-0.2, 0) is 11.3 Å². The molecule has 1 aliphatic heterocycles. The van der Waals surface area contributed by atoms with Gasteiger partial charge in [-0.3, -0.25) is 0 Å². The van der Waals surface area contributed by atoms with Crippen LogP contribution in [0, 0.1) is 0 Å². The number of cyclic esters (lactones) is 1. The number of rotatable bonds is 6. The summed E-state index contributed by atoms with van der Waals surface area (Å²) in [7, 11) is 2.83. The second kappa shape index (κ2) is 8.97. The summed E-state index contributed by atoms with van der Waals surface area (Å²) in [6.07, 6.45) is -0.922. The highest BCUT2D eigenvalue weighted by Crippen LogP contribution is 2.43. The summed E-state index contributed by atoms with van der Waals surface area (Å²) in [5.74, 6) is -2.59. The van der Waals surface area contributed by atoms with Crippen LogP contribution in [0.1, 0.15) is 17.2 Å². The van der Waals surface area contributed by atoms with E-state index >= 15 is 0 Å². The minimum atomic E-state index is -3.32. The van der Waals surface area contributed by atoms with Gasteiger partial charge in [0.05, 0.1) is 14.2 Å². The van der Waals surface area contributed by atoms with Gasteiger partial charge in [-0.2, -0.15) is 0 Å². The van der Waals surface area contributed by atoms with Crippen molar-refractivity contribution in [3.05, 3.63) is 53.6 Å². The topological polar surface area (TPSA) is 66.0 Å². The van der Waals surface area contributed by atoms with Crippen LogP contribution >= 0.6 is 12.4 Å². The fourth-order valence-corrected chi connectivity index (χ4v) is 2.78. The van der Waals surface area contributed by atoms with E-state index in [1.807, 2.05) is 30.3 Å². The molecular weight excluding hydrogens is 396 g/mol. The average molecular weight is 416 g/mol. The Labute approximate surface area is 167 Å². The number of alkyl carbamates (subject to hydrolysis) is 1. The molecule has 1 amide bonds. The number of carbonyl (C=O) groups is 1. The summed E-state index contributed by atoms with van der Waals surface area (Å²) >= 11 is 0. The van der Waals surface area contributed by atoms with Crippen molar-refractivity contribution in [1.82, 2.24) is 5.32 Å². The smallest absolute Gasteiger partial charge is 0.408 e. The molecule has 0 aromatic heterocycles. The number of benzene rings is 2. The van der Waals surface area contributed by atoms with Gasteiger partial charge in [-0.15, -0.1) is 12.4 Å². The first-order valence-corrected chi connectivity index (χ1v) is 8.18. The monoisotopic (exact) mass is 415 g/mol. The quantitative estimate of drug-likeness (QED) is 0.768. The van der Waals surface area contributed by atoms with E-state index in [4.69, 9.17) is 14.2 Å². The maximum atomic E-state index is 14.4. The van der Waals surface area contributed by atoms with Gasteiger partial charge in [0, 0.05) is 11.6 Å². The van der Waals surface area contributed by atoms with Crippen molar-refractivity contribution in [1.29, 1.82) is 0 Å². The first-order valence-electron chi connectivity index (χ1n) is 8.18. The van der Waals surface area contributed by atoms with E-state index in [1.54, 1.807) is 0 Å². The Morgan fingerprint density at radius 1 is 1.11 bits per heavy atom. The lowest BCUT2D eigenvalue weighted by Gasteiger charge is -2.33. The molecule has 28 heavy (non-hydrogen) atoms. The largest absolute Gasteiger partial charge is 0.493 e. The third kappa shape index (κ3) is 4.56. The van der Waals surface area contributed by atoms with E-state index in [0.717, 1.165) is 5.56 Å². The van der Waals surface area contributed by atoms with Crippen LogP contribution in [-0.4, -0.2) is 32.8 Å². The maximum Gasteiger partial charge on any atom is 0.408 e. The maximum absolute atomic E-state index is 14.4. The van der Waals surface area contributed by atoms with Gasteiger partial charge < -0.3 is 24.3 Å². The summed E-state index contributed by atoms with van der Waals surface area (Å²) in [4.78, 5) is 11.5. The second-order valence-electron chi connectivity index (χ2n) is 5.93. The molecule has 0 unspecified atom stereocenters. The number of nitrogens with one attached hydrogen (secondary N) is 1. The molecule has 0 bridgehead atoms. The molecule has 0 radical (unpaired) electrons. The van der Waals surface area contributed by atoms with Crippen LogP contribution in [0.2, 0.25) is 0 Å². The highest BCUT2D eigenvalue weighted by atomic mass is 35.5. The van der Waals surface area contributed by atoms with Crippen molar-refractivity contribution in [2.75, 3.05) is 20.8 Å². The number of alkyl halides is 2. The second-order valence-corrected chi connectivity index (χ2v) is 5.93. The summed E-state index contributed by atoms with van der Waals surface area (Å²) in [6, 6.07) is 10.5. The van der Waals surface area contributed by atoms with Crippen molar-refractivity contribution >= 4 is 18.5 Å². The molecule has 6 nitrogen and oxygen atoms in total. The zero-order valence-electron chi connectivity index (χ0n) is 15.2.